The van der Waals surface area contributed by atoms with E-state index in [2.05, 4.69) is 53.9 Å². The first-order chi connectivity index (χ1) is 6.60. The number of aryl methyl sites for hydroxylation is 2. The minimum Gasteiger partial charge on any atom is -0.496 e. The lowest BCUT2D eigenvalue weighted by Crippen LogP contribution is -2.14. The van der Waals surface area contributed by atoms with E-state index < -0.39 is 0 Å². The Bertz CT molecular complexity index is 302. The van der Waals surface area contributed by atoms with Gasteiger partial charge in [-0.05, 0) is 37.1 Å². The van der Waals surface area contributed by atoms with Crippen molar-refractivity contribution in [2.24, 2.45) is 0 Å². The maximum absolute atomic E-state index is 5.31. The number of anilines is 1. The van der Waals surface area contributed by atoms with E-state index in [0.717, 1.165) is 11.2 Å². The van der Waals surface area contributed by atoms with Crippen molar-refractivity contribution in [1.29, 1.82) is 0 Å². The number of hydrogen-bond acceptors (Lipinski definition) is 2. The molecule has 1 rings (SSSR count). The van der Waals surface area contributed by atoms with Crippen LogP contribution in [-0.2, 0) is 0 Å². The van der Waals surface area contributed by atoms with E-state index in [0.29, 0.717) is 0 Å². The zero-order valence-electron chi connectivity index (χ0n) is 9.10. The van der Waals surface area contributed by atoms with Crippen LogP contribution in [0.1, 0.15) is 11.1 Å². The van der Waals surface area contributed by atoms with Gasteiger partial charge in [0, 0.05) is 12.7 Å². The van der Waals surface area contributed by atoms with Gasteiger partial charge < -0.3 is 9.64 Å². The average molecular weight is 258 g/mol. The van der Waals surface area contributed by atoms with Gasteiger partial charge in [0.2, 0.25) is 0 Å². The average Bonchev–Trinajstić information content (AvgIpc) is 2.16. The van der Waals surface area contributed by atoms with Gasteiger partial charge >= 0.3 is 0 Å². The Morgan fingerprint density at radius 1 is 1.29 bits per heavy atom. The summed E-state index contributed by atoms with van der Waals surface area (Å²) in [6, 6.07) is 4.26. The van der Waals surface area contributed by atoms with Crippen LogP contribution >= 0.6 is 15.9 Å². The normalized spacial score (nSPS) is 10.1. The summed E-state index contributed by atoms with van der Waals surface area (Å²) in [4.78, 5) is 2.14. The highest BCUT2D eigenvalue weighted by Crippen LogP contribution is 2.28. The summed E-state index contributed by atoms with van der Waals surface area (Å²) in [6.45, 7) is 4.13. The molecule has 0 bridgehead atoms. The van der Waals surface area contributed by atoms with Crippen LogP contribution < -0.4 is 9.64 Å². The molecule has 0 heterocycles. The zero-order valence-corrected chi connectivity index (χ0v) is 10.7. The largest absolute Gasteiger partial charge is 0.496 e. The first-order valence-electron chi connectivity index (χ1n) is 4.52. The van der Waals surface area contributed by atoms with Crippen molar-refractivity contribution >= 4 is 21.6 Å². The Balaban J connectivity index is 3.13. The Morgan fingerprint density at radius 2 is 1.79 bits per heavy atom. The van der Waals surface area contributed by atoms with Crippen LogP contribution in [0.15, 0.2) is 12.1 Å². The van der Waals surface area contributed by atoms with E-state index in [1.807, 2.05) is 0 Å². The maximum atomic E-state index is 5.31. The molecule has 0 spiro atoms. The van der Waals surface area contributed by atoms with Crippen molar-refractivity contribution in [1.82, 2.24) is 0 Å². The molecule has 0 aliphatic carbocycles. The number of nitrogens with zero attached hydrogens (tertiary/aromatic N) is 1. The van der Waals surface area contributed by atoms with Gasteiger partial charge in [-0.3, -0.25) is 0 Å². The van der Waals surface area contributed by atoms with Crippen molar-refractivity contribution in [2.45, 2.75) is 13.8 Å². The minimum atomic E-state index is 0.832. The molecule has 0 atom stereocenters. The fraction of sp³-hybridized carbons (Fsp3) is 0.455. The molecule has 0 N–H and O–H groups in total. The molecule has 1 aromatic carbocycles. The lowest BCUT2D eigenvalue weighted by Gasteiger charge is -2.19. The number of hydrogen-bond donors (Lipinski definition) is 0. The van der Waals surface area contributed by atoms with Crippen LogP contribution in [-0.4, -0.2) is 19.6 Å². The molecule has 2 nitrogen and oxygen atoms in total. The van der Waals surface area contributed by atoms with Gasteiger partial charge in [-0.1, -0.05) is 15.9 Å². The fourth-order valence-corrected chi connectivity index (χ4v) is 1.83. The SMILES string of the molecule is COc1c(C)cc(N(C)CBr)cc1C. The lowest BCUT2D eigenvalue weighted by atomic mass is 10.1. The molecule has 0 unspecified atom stereocenters. The second-order valence-corrected chi connectivity index (χ2v) is 3.93. The standard InChI is InChI=1S/C11H16BrNO/c1-8-5-10(13(3)7-12)6-9(2)11(8)14-4/h5-6H,7H2,1-4H3. The smallest absolute Gasteiger partial charge is 0.124 e. The molecule has 14 heavy (non-hydrogen) atoms. The minimum absolute atomic E-state index is 0.832. The van der Waals surface area contributed by atoms with Crippen molar-refractivity contribution < 1.29 is 4.74 Å². The third-order valence-corrected chi connectivity index (χ3v) is 3.02. The summed E-state index contributed by atoms with van der Waals surface area (Å²) in [5.74, 6) is 0.983. The number of alkyl halides is 1. The maximum Gasteiger partial charge on any atom is 0.124 e. The van der Waals surface area contributed by atoms with Gasteiger partial charge in [-0.15, -0.1) is 0 Å². The Morgan fingerprint density at radius 3 is 2.14 bits per heavy atom. The topological polar surface area (TPSA) is 12.5 Å². The second-order valence-electron chi connectivity index (χ2n) is 3.43. The fourth-order valence-electron chi connectivity index (χ4n) is 1.54. The van der Waals surface area contributed by atoms with Gasteiger partial charge in [-0.25, -0.2) is 0 Å². The molecule has 1 aromatic rings. The van der Waals surface area contributed by atoms with Crippen molar-refractivity contribution in [3.8, 4) is 5.75 Å². The molecule has 0 aliphatic heterocycles. The number of methoxy groups -OCH3 is 1. The summed E-state index contributed by atoms with van der Waals surface area (Å²) < 4.78 is 5.31. The Kier molecular flexibility index (Phi) is 3.81. The van der Waals surface area contributed by atoms with Gasteiger partial charge in [0.15, 0.2) is 0 Å². The monoisotopic (exact) mass is 257 g/mol. The molecule has 0 saturated heterocycles. The number of rotatable bonds is 3. The Labute approximate surface area is 94.0 Å². The third kappa shape index (κ3) is 2.21. The quantitative estimate of drug-likeness (QED) is 0.610. The highest BCUT2D eigenvalue weighted by Gasteiger charge is 2.07. The van der Waals surface area contributed by atoms with Crippen LogP contribution in [0.3, 0.4) is 0 Å². The molecule has 0 radical (unpaired) electrons. The molecule has 0 aromatic heterocycles. The van der Waals surface area contributed by atoms with E-state index in [9.17, 15) is 0 Å². The predicted octanol–water partition coefficient (Wildman–Crippen LogP) is 3.10. The van der Waals surface area contributed by atoms with E-state index >= 15 is 0 Å². The van der Waals surface area contributed by atoms with E-state index in [4.69, 9.17) is 4.74 Å². The molecule has 0 amide bonds. The van der Waals surface area contributed by atoms with Gasteiger partial charge in [0.05, 0.1) is 12.6 Å². The van der Waals surface area contributed by atoms with Crippen molar-refractivity contribution in [2.75, 3.05) is 24.5 Å². The molecule has 0 fully saturated rings. The van der Waals surface area contributed by atoms with Crippen LogP contribution in [0.25, 0.3) is 0 Å². The number of halogens is 1. The summed E-state index contributed by atoms with van der Waals surface area (Å²) >= 11 is 3.43. The van der Waals surface area contributed by atoms with Gasteiger partial charge in [0.1, 0.15) is 5.75 Å². The molecule has 78 valence electrons. The van der Waals surface area contributed by atoms with Crippen molar-refractivity contribution in [3.05, 3.63) is 23.3 Å². The highest BCUT2D eigenvalue weighted by atomic mass is 79.9. The van der Waals surface area contributed by atoms with Gasteiger partial charge in [-0.2, -0.15) is 0 Å². The molecule has 0 aliphatic rings. The van der Waals surface area contributed by atoms with E-state index in [-0.39, 0.29) is 0 Å². The lowest BCUT2D eigenvalue weighted by molar-refractivity contribution is 0.408. The summed E-state index contributed by atoms with van der Waals surface area (Å²) in [7, 11) is 3.76. The van der Waals surface area contributed by atoms with Crippen LogP contribution in [0.4, 0.5) is 5.69 Å². The molecular weight excluding hydrogens is 242 g/mol. The Hall–Kier alpha value is -0.700. The number of ether oxygens (including phenoxy) is 1. The van der Waals surface area contributed by atoms with Crippen molar-refractivity contribution in [3.63, 3.8) is 0 Å². The first kappa shape index (κ1) is 11.4. The second kappa shape index (κ2) is 4.69. The summed E-state index contributed by atoms with van der Waals surface area (Å²) in [5, 5.41) is 0. The summed E-state index contributed by atoms with van der Waals surface area (Å²) in [6.07, 6.45) is 0. The first-order valence-corrected chi connectivity index (χ1v) is 5.64. The van der Waals surface area contributed by atoms with Crippen LogP contribution in [0.5, 0.6) is 5.75 Å². The molecule has 3 heteroatoms. The van der Waals surface area contributed by atoms with Crippen LogP contribution in [0.2, 0.25) is 0 Å². The summed E-state index contributed by atoms with van der Waals surface area (Å²) in [5.41, 5.74) is 4.39. The van der Waals surface area contributed by atoms with E-state index in [1.54, 1.807) is 7.11 Å². The predicted molar refractivity (Wildman–Crippen MR) is 64.7 cm³/mol. The third-order valence-electron chi connectivity index (χ3n) is 2.27. The molecular formula is C11H16BrNO. The highest BCUT2D eigenvalue weighted by molar-refractivity contribution is 9.09. The zero-order chi connectivity index (χ0) is 10.7. The van der Waals surface area contributed by atoms with Gasteiger partial charge in [0.25, 0.3) is 0 Å². The van der Waals surface area contributed by atoms with Crippen LogP contribution in [0, 0.1) is 13.8 Å². The molecule has 0 saturated carbocycles. The number of benzene rings is 1. The van der Waals surface area contributed by atoms with E-state index in [1.165, 1.54) is 16.8 Å².